The van der Waals surface area contributed by atoms with Crippen molar-refractivity contribution in [2.75, 3.05) is 12.4 Å². The molecule has 5 nitrogen and oxygen atoms in total. The lowest BCUT2D eigenvalue weighted by molar-refractivity contribution is 0.398. The second kappa shape index (κ2) is 5.42. The van der Waals surface area contributed by atoms with E-state index < -0.39 is 0 Å². The zero-order valence-corrected chi connectivity index (χ0v) is 10.6. The van der Waals surface area contributed by atoms with Crippen molar-refractivity contribution in [2.24, 2.45) is 5.73 Å². The fraction of sp³-hybridized carbons (Fsp3) is 0.0833. The van der Waals surface area contributed by atoms with E-state index >= 15 is 0 Å². The summed E-state index contributed by atoms with van der Waals surface area (Å²) in [5, 5.41) is 3.11. The standard InChI is InChI=1S/C12H12N4OS/c1-17-11-6-5-8(7-14-11)15-10-4-2-3-9(16-10)12(13)18/h2-7H,1H3,(H2,13,18)(H,15,16). The Morgan fingerprint density at radius 2 is 2.17 bits per heavy atom. The molecule has 3 N–H and O–H groups in total. The first-order chi connectivity index (χ1) is 8.69. The van der Waals surface area contributed by atoms with Gasteiger partial charge in [0.2, 0.25) is 5.88 Å². The summed E-state index contributed by atoms with van der Waals surface area (Å²) in [4.78, 5) is 8.63. The minimum atomic E-state index is 0.270. The highest BCUT2D eigenvalue weighted by atomic mass is 32.1. The van der Waals surface area contributed by atoms with Gasteiger partial charge in [0.05, 0.1) is 24.7 Å². The molecule has 0 saturated heterocycles. The number of nitrogens with one attached hydrogen (secondary N) is 1. The summed E-state index contributed by atoms with van der Waals surface area (Å²) in [5.74, 6) is 1.22. The van der Waals surface area contributed by atoms with Gasteiger partial charge in [-0.1, -0.05) is 18.3 Å². The van der Waals surface area contributed by atoms with Gasteiger partial charge in [-0.25, -0.2) is 9.97 Å². The smallest absolute Gasteiger partial charge is 0.213 e. The SMILES string of the molecule is COc1ccc(Nc2cccc(C(N)=S)n2)cn1. The van der Waals surface area contributed by atoms with Crippen LogP contribution < -0.4 is 15.8 Å². The molecule has 0 spiro atoms. The van der Waals surface area contributed by atoms with Gasteiger partial charge in [-0.3, -0.25) is 0 Å². The highest BCUT2D eigenvalue weighted by Gasteiger charge is 2.01. The first-order valence-corrected chi connectivity index (χ1v) is 5.64. The van der Waals surface area contributed by atoms with Crippen LogP contribution in [0.2, 0.25) is 0 Å². The molecule has 2 rings (SSSR count). The summed E-state index contributed by atoms with van der Waals surface area (Å²) >= 11 is 4.88. The topological polar surface area (TPSA) is 73.1 Å². The lowest BCUT2D eigenvalue weighted by atomic mass is 10.3. The van der Waals surface area contributed by atoms with E-state index in [0.29, 0.717) is 17.4 Å². The van der Waals surface area contributed by atoms with Gasteiger partial charge in [-0.2, -0.15) is 0 Å². The Balaban J connectivity index is 2.17. The number of methoxy groups -OCH3 is 1. The Kier molecular flexibility index (Phi) is 3.69. The number of hydrogen-bond donors (Lipinski definition) is 2. The van der Waals surface area contributed by atoms with Gasteiger partial charge in [-0.05, 0) is 18.2 Å². The molecule has 2 aromatic rings. The minimum absolute atomic E-state index is 0.270. The van der Waals surface area contributed by atoms with Crippen LogP contribution in [0.5, 0.6) is 5.88 Å². The Bertz CT molecular complexity index is 556. The van der Waals surface area contributed by atoms with E-state index in [4.69, 9.17) is 22.7 Å². The van der Waals surface area contributed by atoms with Crippen molar-refractivity contribution in [1.82, 2.24) is 9.97 Å². The zero-order chi connectivity index (χ0) is 13.0. The monoisotopic (exact) mass is 260 g/mol. The minimum Gasteiger partial charge on any atom is -0.481 e. The molecular formula is C12H12N4OS. The largest absolute Gasteiger partial charge is 0.481 e. The van der Waals surface area contributed by atoms with Crippen molar-refractivity contribution >= 4 is 28.7 Å². The third-order valence-corrected chi connectivity index (χ3v) is 2.43. The van der Waals surface area contributed by atoms with E-state index in [9.17, 15) is 0 Å². The van der Waals surface area contributed by atoms with Crippen LogP contribution in [-0.4, -0.2) is 22.1 Å². The molecule has 18 heavy (non-hydrogen) atoms. The van der Waals surface area contributed by atoms with E-state index in [0.717, 1.165) is 5.69 Å². The molecule has 0 unspecified atom stereocenters. The molecule has 0 fully saturated rings. The number of rotatable bonds is 4. The molecule has 0 aliphatic heterocycles. The van der Waals surface area contributed by atoms with Crippen LogP contribution in [0.3, 0.4) is 0 Å². The normalized spacial score (nSPS) is 9.83. The summed E-state index contributed by atoms with van der Waals surface area (Å²) in [6.45, 7) is 0. The lowest BCUT2D eigenvalue weighted by Gasteiger charge is -2.07. The van der Waals surface area contributed by atoms with Crippen molar-refractivity contribution in [3.05, 3.63) is 42.2 Å². The van der Waals surface area contributed by atoms with Crippen molar-refractivity contribution in [3.8, 4) is 5.88 Å². The second-order valence-corrected chi connectivity index (χ2v) is 3.93. The predicted molar refractivity (Wildman–Crippen MR) is 74.2 cm³/mol. The second-order valence-electron chi connectivity index (χ2n) is 3.49. The average molecular weight is 260 g/mol. The van der Waals surface area contributed by atoms with Crippen LogP contribution in [0, 0.1) is 0 Å². The van der Waals surface area contributed by atoms with Gasteiger partial charge in [0.15, 0.2) is 0 Å². The van der Waals surface area contributed by atoms with Gasteiger partial charge in [0.1, 0.15) is 10.8 Å². The van der Waals surface area contributed by atoms with Gasteiger partial charge in [-0.15, -0.1) is 0 Å². The molecule has 2 aromatic heterocycles. The third kappa shape index (κ3) is 2.92. The fourth-order valence-corrected chi connectivity index (χ4v) is 1.48. The Labute approximate surface area is 110 Å². The highest BCUT2D eigenvalue weighted by molar-refractivity contribution is 7.80. The maximum absolute atomic E-state index is 5.53. The molecule has 0 saturated carbocycles. The van der Waals surface area contributed by atoms with Gasteiger partial charge in [0, 0.05) is 6.07 Å². The molecule has 0 aromatic carbocycles. The van der Waals surface area contributed by atoms with Gasteiger partial charge >= 0.3 is 0 Å². The highest BCUT2D eigenvalue weighted by Crippen LogP contribution is 2.16. The third-order valence-electron chi connectivity index (χ3n) is 2.22. The van der Waals surface area contributed by atoms with Crippen LogP contribution in [0.1, 0.15) is 5.69 Å². The molecule has 6 heteroatoms. The van der Waals surface area contributed by atoms with E-state index in [1.807, 2.05) is 18.2 Å². The van der Waals surface area contributed by atoms with E-state index in [1.54, 1.807) is 25.4 Å². The predicted octanol–water partition coefficient (Wildman–Crippen LogP) is 1.86. The fourth-order valence-electron chi connectivity index (χ4n) is 1.36. The molecule has 92 valence electrons. The zero-order valence-electron chi connectivity index (χ0n) is 9.75. The number of nitrogens with two attached hydrogens (primary N) is 1. The van der Waals surface area contributed by atoms with Crippen molar-refractivity contribution in [3.63, 3.8) is 0 Å². The molecule has 2 heterocycles. The Morgan fingerprint density at radius 1 is 1.33 bits per heavy atom. The number of pyridine rings is 2. The van der Waals surface area contributed by atoms with Crippen LogP contribution in [-0.2, 0) is 0 Å². The van der Waals surface area contributed by atoms with Crippen LogP contribution in [0.15, 0.2) is 36.5 Å². The summed E-state index contributed by atoms with van der Waals surface area (Å²) in [5.41, 5.74) is 6.91. The Hall–Kier alpha value is -2.21. The number of nitrogens with zero attached hydrogens (tertiary/aromatic N) is 2. The molecular weight excluding hydrogens is 248 g/mol. The molecule has 0 radical (unpaired) electrons. The average Bonchev–Trinajstić information content (AvgIpc) is 2.40. The lowest BCUT2D eigenvalue weighted by Crippen LogP contribution is -2.12. The van der Waals surface area contributed by atoms with Gasteiger partial charge in [0.25, 0.3) is 0 Å². The number of hydrogen-bond acceptors (Lipinski definition) is 5. The van der Waals surface area contributed by atoms with E-state index in [-0.39, 0.29) is 4.99 Å². The van der Waals surface area contributed by atoms with Crippen molar-refractivity contribution in [2.45, 2.75) is 0 Å². The van der Waals surface area contributed by atoms with E-state index in [1.165, 1.54) is 0 Å². The Morgan fingerprint density at radius 3 is 2.78 bits per heavy atom. The maximum atomic E-state index is 5.53. The quantitative estimate of drug-likeness (QED) is 0.817. The first-order valence-electron chi connectivity index (χ1n) is 5.23. The van der Waals surface area contributed by atoms with Crippen LogP contribution >= 0.6 is 12.2 Å². The number of ether oxygens (including phenoxy) is 1. The first kappa shape index (κ1) is 12.3. The number of anilines is 2. The summed E-state index contributed by atoms with van der Waals surface area (Å²) in [6.07, 6.45) is 1.66. The van der Waals surface area contributed by atoms with Crippen molar-refractivity contribution in [1.29, 1.82) is 0 Å². The molecule has 0 aliphatic rings. The van der Waals surface area contributed by atoms with Gasteiger partial charge < -0.3 is 15.8 Å². The molecule has 0 amide bonds. The summed E-state index contributed by atoms with van der Waals surface area (Å²) < 4.78 is 4.98. The van der Waals surface area contributed by atoms with Crippen LogP contribution in [0.4, 0.5) is 11.5 Å². The van der Waals surface area contributed by atoms with Crippen LogP contribution in [0.25, 0.3) is 0 Å². The van der Waals surface area contributed by atoms with E-state index in [2.05, 4.69) is 15.3 Å². The molecule has 0 aliphatic carbocycles. The maximum Gasteiger partial charge on any atom is 0.213 e. The number of aromatic nitrogens is 2. The summed E-state index contributed by atoms with van der Waals surface area (Å²) in [6, 6.07) is 9.03. The molecule has 0 bridgehead atoms. The molecule has 0 atom stereocenters. The summed E-state index contributed by atoms with van der Waals surface area (Å²) in [7, 11) is 1.57. The number of thiocarbonyl (C=S) groups is 1. The van der Waals surface area contributed by atoms with Crippen molar-refractivity contribution < 1.29 is 4.74 Å².